The van der Waals surface area contributed by atoms with Crippen LogP contribution in [0.3, 0.4) is 0 Å². The lowest BCUT2D eigenvalue weighted by Gasteiger charge is -2.12. The van der Waals surface area contributed by atoms with Gasteiger partial charge >= 0.3 is 0 Å². The van der Waals surface area contributed by atoms with Gasteiger partial charge in [0.15, 0.2) is 5.11 Å². The molecule has 0 saturated carbocycles. The summed E-state index contributed by atoms with van der Waals surface area (Å²) in [6, 6.07) is 11.6. The van der Waals surface area contributed by atoms with Gasteiger partial charge in [-0.2, -0.15) is 0 Å². The molecule has 2 rings (SSSR count). The van der Waals surface area contributed by atoms with E-state index in [1.165, 1.54) is 19.1 Å². The number of carbonyl (C=O) groups excluding carboxylic acids is 1. The first kappa shape index (κ1) is 20.1. The highest BCUT2D eigenvalue weighted by molar-refractivity contribution is 9.10. The summed E-state index contributed by atoms with van der Waals surface area (Å²) in [6.07, 6.45) is 0.733. The number of nitrogens with one attached hydrogen (secondary N) is 3. The molecule has 1 amide bonds. The molecule has 0 aliphatic rings. The number of benzene rings is 2. The van der Waals surface area contributed by atoms with E-state index in [2.05, 4.69) is 31.9 Å². The Morgan fingerprint density at radius 3 is 2.77 bits per heavy atom. The minimum Gasteiger partial charge on any atom is -0.493 e. The van der Waals surface area contributed by atoms with Gasteiger partial charge in [-0.25, -0.2) is 4.39 Å². The van der Waals surface area contributed by atoms with Gasteiger partial charge in [-0.3, -0.25) is 4.79 Å². The van der Waals surface area contributed by atoms with Crippen LogP contribution in [0, 0.1) is 5.82 Å². The number of rotatable bonds is 7. The Hall–Kier alpha value is -2.19. The summed E-state index contributed by atoms with van der Waals surface area (Å²) in [4.78, 5) is 11.1. The molecule has 0 heterocycles. The van der Waals surface area contributed by atoms with Gasteiger partial charge in [-0.1, -0.05) is 6.07 Å². The molecule has 2 aromatic rings. The summed E-state index contributed by atoms with van der Waals surface area (Å²) in [6.45, 7) is 2.58. The summed E-state index contributed by atoms with van der Waals surface area (Å²) in [5.74, 6) is 0.244. The van der Waals surface area contributed by atoms with Crippen LogP contribution in [0.1, 0.15) is 13.3 Å². The third-order valence-corrected chi connectivity index (χ3v) is 4.11. The van der Waals surface area contributed by atoms with Crippen molar-refractivity contribution >= 4 is 50.5 Å². The molecule has 138 valence electrons. The normalized spacial score (nSPS) is 10.1. The monoisotopic (exact) mass is 439 g/mol. The molecule has 0 spiro atoms. The second-order valence-corrected chi connectivity index (χ2v) is 6.68. The van der Waals surface area contributed by atoms with Gasteiger partial charge in [-0.05, 0) is 64.9 Å². The molecule has 0 fully saturated rings. The molecule has 8 heteroatoms. The van der Waals surface area contributed by atoms with Gasteiger partial charge in [0.25, 0.3) is 0 Å². The average molecular weight is 440 g/mol. The molecule has 3 N–H and O–H groups in total. The van der Waals surface area contributed by atoms with Crippen LogP contribution in [0.5, 0.6) is 5.75 Å². The maximum Gasteiger partial charge on any atom is 0.221 e. The summed E-state index contributed by atoms with van der Waals surface area (Å²) in [5, 5.41) is 9.22. The van der Waals surface area contributed by atoms with Crippen molar-refractivity contribution in [1.82, 2.24) is 5.32 Å². The second kappa shape index (κ2) is 10.1. The predicted octanol–water partition coefficient (Wildman–Crippen LogP) is 4.30. The molecule has 0 unspecified atom stereocenters. The van der Waals surface area contributed by atoms with Crippen LogP contribution >= 0.6 is 28.1 Å². The number of hydrogen-bond acceptors (Lipinski definition) is 3. The summed E-state index contributed by atoms with van der Waals surface area (Å²) < 4.78 is 19.3. The highest BCUT2D eigenvalue weighted by atomic mass is 79.9. The van der Waals surface area contributed by atoms with E-state index in [-0.39, 0.29) is 11.7 Å². The van der Waals surface area contributed by atoms with Crippen molar-refractivity contribution in [3.8, 4) is 5.75 Å². The van der Waals surface area contributed by atoms with Gasteiger partial charge in [0.1, 0.15) is 11.6 Å². The van der Waals surface area contributed by atoms with E-state index in [0.29, 0.717) is 39.9 Å². The van der Waals surface area contributed by atoms with Crippen LogP contribution in [-0.2, 0) is 4.79 Å². The van der Waals surface area contributed by atoms with Crippen molar-refractivity contribution in [1.29, 1.82) is 0 Å². The Kier molecular flexibility index (Phi) is 7.80. The van der Waals surface area contributed by atoms with E-state index in [1.807, 2.05) is 12.1 Å². The fraction of sp³-hybridized carbons (Fsp3) is 0.222. The van der Waals surface area contributed by atoms with Crippen molar-refractivity contribution in [2.24, 2.45) is 0 Å². The molecule has 0 bridgehead atoms. The minimum atomic E-state index is -0.318. The number of ether oxygens (including phenoxy) is 1. The fourth-order valence-corrected chi connectivity index (χ4v) is 2.75. The first-order valence-electron chi connectivity index (χ1n) is 7.94. The molecule has 0 aliphatic carbocycles. The van der Waals surface area contributed by atoms with Crippen LogP contribution in [0.4, 0.5) is 15.8 Å². The molecule has 26 heavy (non-hydrogen) atoms. The zero-order valence-electron chi connectivity index (χ0n) is 14.1. The van der Waals surface area contributed by atoms with E-state index >= 15 is 0 Å². The highest BCUT2D eigenvalue weighted by Gasteiger charge is 2.04. The summed E-state index contributed by atoms with van der Waals surface area (Å²) in [7, 11) is 0. The van der Waals surface area contributed by atoms with Crippen molar-refractivity contribution in [3.05, 3.63) is 52.8 Å². The Labute approximate surface area is 165 Å². The first-order valence-corrected chi connectivity index (χ1v) is 9.14. The minimum absolute atomic E-state index is 0.125. The molecular weight excluding hydrogens is 421 g/mol. The summed E-state index contributed by atoms with van der Waals surface area (Å²) >= 11 is 8.49. The lowest BCUT2D eigenvalue weighted by Crippen LogP contribution is -2.30. The van der Waals surface area contributed by atoms with Crippen molar-refractivity contribution in [3.63, 3.8) is 0 Å². The maximum absolute atomic E-state index is 13.1. The maximum atomic E-state index is 13.1. The van der Waals surface area contributed by atoms with Crippen molar-refractivity contribution < 1.29 is 13.9 Å². The molecule has 2 aromatic carbocycles. The van der Waals surface area contributed by atoms with E-state index in [9.17, 15) is 9.18 Å². The topological polar surface area (TPSA) is 62.4 Å². The van der Waals surface area contributed by atoms with Crippen LogP contribution < -0.4 is 20.7 Å². The lowest BCUT2D eigenvalue weighted by molar-refractivity contribution is -0.114. The molecule has 0 radical (unpaired) electrons. The largest absolute Gasteiger partial charge is 0.493 e. The first-order chi connectivity index (χ1) is 12.4. The number of thiocarbonyl (C=S) groups is 1. The van der Waals surface area contributed by atoms with E-state index in [1.54, 1.807) is 18.2 Å². The van der Waals surface area contributed by atoms with Gasteiger partial charge in [0.05, 0.1) is 12.3 Å². The zero-order chi connectivity index (χ0) is 18.9. The van der Waals surface area contributed by atoms with Gasteiger partial charge < -0.3 is 20.7 Å². The second-order valence-electron chi connectivity index (χ2n) is 5.42. The standard InChI is InChI=1S/C18H19BrFN3O2S/c1-12(24)22-14-4-2-5-15(11-14)25-9-3-8-21-18(26)23-17-7-6-13(20)10-16(17)19/h2,4-7,10-11H,3,8-9H2,1H3,(H,22,24)(H2,21,23,26). The summed E-state index contributed by atoms with van der Waals surface area (Å²) in [5.41, 5.74) is 1.39. The number of halogens is 2. The highest BCUT2D eigenvalue weighted by Crippen LogP contribution is 2.22. The molecule has 0 aromatic heterocycles. The van der Waals surface area contributed by atoms with Gasteiger partial charge in [0, 0.05) is 29.7 Å². The van der Waals surface area contributed by atoms with Crippen LogP contribution in [0.2, 0.25) is 0 Å². The Morgan fingerprint density at radius 1 is 1.23 bits per heavy atom. The van der Waals surface area contributed by atoms with Crippen LogP contribution in [0.25, 0.3) is 0 Å². The smallest absolute Gasteiger partial charge is 0.221 e. The Bertz CT molecular complexity index is 789. The molecule has 0 saturated heterocycles. The van der Waals surface area contributed by atoms with Gasteiger partial charge in [0.2, 0.25) is 5.91 Å². The Morgan fingerprint density at radius 2 is 2.04 bits per heavy atom. The molecular formula is C18H19BrFN3O2S. The van der Waals surface area contributed by atoms with Crippen LogP contribution in [0.15, 0.2) is 46.9 Å². The third kappa shape index (κ3) is 6.97. The van der Waals surface area contributed by atoms with E-state index in [0.717, 1.165) is 6.42 Å². The molecule has 5 nitrogen and oxygen atoms in total. The average Bonchev–Trinajstić information content (AvgIpc) is 2.57. The third-order valence-electron chi connectivity index (χ3n) is 3.21. The molecule has 0 aliphatic heterocycles. The predicted molar refractivity (Wildman–Crippen MR) is 109 cm³/mol. The quantitative estimate of drug-likeness (QED) is 0.443. The zero-order valence-corrected chi connectivity index (χ0v) is 16.5. The number of anilines is 2. The van der Waals surface area contributed by atoms with Gasteiger partial charge in [-0.15, -0.1) is 0 Å². The van der Waals surface area contributed by atoms with Crippen molar-refractivity contribution in [2.45, 2.75) is 13.3 Å². The lowest BCUT2D eigenvalue weighted by atomic mass is 10.3. The fourth-order valence-electron chi connectivity index (χ4n) is 2.09. The van der Waals surface area contributed by atoms with Crippen LogP contribution in [-0.4, -0.2) is 24.2 Å². The number of carbonyl (C=O) groups is 1. The Balaban J connectivity index is 1.68. The number of hydrogen-bond donors (Lipinski definition) is 3. The number of amides is 1. The van der Waals surface area contributed by atoms with E-state index in [4.69, 9.17) is 17.0 Å². The SMILES string of the molecule is CC(=O)Nc1cccc(OCCCNC(=S)Nc2ccc(F)cc2Br)c1. The van der Waals surface area contributed by atoms with E-state index < -0.39 is 0 Å². The molecule has 0 atom stereocenters. The van der Waals surface area contributed by atoms with Crippen molar-refractivity contribution in [2.75, 3.05) is 23.8 Å².